The van der Waals surface area contributed by atoms with E-state index in [9.17, 15) is 0 Å². The van der Waals surface area contributed by atoms with E-state index >= 15 is 0 Å². The van der Waals surface area contributed by atoms with Crippen molar-refractivity contribution < 1.29 is 9.84 Å². The van der Waals surface area contributed by atoms with Crippen molar-refractivity contribution in [2.24, 2.45) is 0 Å². The highest BCUT2D eigenvalue weighted by Crippen LogP contribution is 2.24. The van der Waals surface area contributed by atoms with Gasteiger partial charge in [0.2, 0.25) is 0 Å². The number of aliphatic hydroxyl groups excluding tert-OH is 1. The van der Waals surface area contributed by atoms with Gasteiger partial charge in [-0.3, -0.25) is 0 Å². The zero-order valence-corrected chi connectivity index (χ0v) is 11.7. The van der Waals surface area contributed by atoms with Crippen LogP contribution in [0.5, 0.6) is 5.75 Å². The first kappa shape index (κ1) is 15.0. The first-order chi connectivity index (χ1) is 8.69. The van der Waals surface area contributed by atoms with Crippen LogP contribution in [0.2, 0.25) is 0 Å². The number of methoxy groups -OCH3 is 1. The molecule has 0 atom stereocenters. The van der Waals surface area contributed by atoms with E-state index in [4.69, 9.17) is 9.84 Å². The van der Waals surface area contributed by atoms with Crippen LogP contribution in [0.25, 0.3) is 0 Å². The average Bonchev–Trinajstić information content (AvgIpc) is 2.38. The number of hydrogen-bond donors (Lipinski definition) is 2. The van der Waals surface area contributed by atoms with Gasteiger partial charge in [-0.2, -0.15) is 0 Å². The second-order valence-corrected chi connectivity index (χ2v) is 4.83. The summed E-state index contributed by atoms with van der Waals surface area (Å²) < 4.78 is 5.43. The second-order valence-electron chi connectivity index (χ2n) is 4.83. The van der Waals surface area contributed by atoms with E-state index in [0.29, 0.717) is 5.92 Å². The van der Waals surface area contributed by atoms with Crippen LogP contribution in [0.1, 0.15) is 43.7 Å². The Morgan fingerprint density at radius 1 is 1.28 bits per heavy atom. The van der Waals surface area contributed by atoms with Gasteiger partial charge < -0.3 is 15.2 Å². The monoisotopic (exact) mass is 251 g/mol. The molecule has 0 heterocycles. The van der Waals surface area contributed by atoms with Gasteiger partial charge in [0, 0.05) is 18.7 Å². The van der Waals surface area contributed by atoms with Gasteiger partial charge >= 0.3 is 0 Å². The van der Waals surface area contributed by atoms with E-state index in [0.717, 1.165) is 31.7 Å². The molecule has 1 aromatic rings. The third-order valence-electron chi connectivity index (χ3n) is 3.05. The standard InChI is InChI=1S/C15H25NO2/c1-12(2)13-6-7-14(15(10-13)18-3)11-16-8-4-5-9-17/h6-7,10,12,16-17H,4-5,8-9,11H2,1-3H3. The molecule has 0 amide bonds. The van der Waals surface area contributed by atoms with Gasteiger partial charge in [0.15, 0.2) is 0 Å². The van der Waals surface area contributed by atoms with Crippen molar-refractivity contribution in [2.45, 2.75) is 39.2 Å². The quantitative estimate of drug-likeness (QED) is 0.698. The second kappa shape index (κ2) is 8.11. The molecule has 3 nitrogen and oxygen atoms in total. The van der Waals surface area contributed by atoms with Crippen molar-refractivity contribution in [3.05, 3.63) is 29.3 Å². The molecule has 0 bridgehead atoms. The molecule has 18 heavy (non-hydrogen) atoms. The van der Waals surface area contributed by atoms with Crippen LogP contribution in [0.4, 0.5) is 0 Å². The largest absolute Gasteiger partial charge is 0.496 e. The average molecular weight is 251 g/mol. The lowest BCUT2D eigenvalue weighted by atomic mass is 10.0. The summed E-state index contributed by atoms with van der Waals surface area (Å²) in [4.78, 5) is 0. The Morgan fingerprint density at radius 2 is 2.06 bits per heavy atom. The van der Waals surface area contributed by atoms with Crippen LogP contribution in [0.15, 0.2) is 18.2 Å². The fraction of sp³-hybridized carbons (Fsp3) is 0.600. The van der Waals surface area contributed by atoms with E-state index < -0.39 is 0 Å². The highest BCUT2D eigenvalue weighted by atomic mass is 16.5. The minimum absolute atomic E-state index is 0.272. The predicted molar refractivity (Wildman–Crippen MR) is 75.1 cm³/mol. The van der Waals surface area contributed by atoms with Crippen molar-refractivity contribution in [1.82, 2.24) is 5.32 Å². The van der Waals surface area contributed by atoms with E-state index in [-0.39, 0.29) is 6.61 Å². The molecule has 0 fully saturated rings. The highest BCUT2D eigenvalue weighted by molar-refractivity contribution is 5.38. The van der Waals surface area contributed by atoms with E-state index in [2.05, 4.69) is 37.4 Å². The molecule has 1 rings (SSSR count). The summed E-state index contributed by atoms with van der Waals surface area (Å²) in [5.74, 6) is 1.47. The fourth-order valence-electron chi connectivity index (χ4n) is 1.85. The summed E-state index contributed by atoms with van der Waals surface area (Å²) in [7, 11) is 1.72. The van der Waals surface area contributed by atoms with Gasteiger partial charge in [0.25, 0.3) is 0 Å². The Balaban J connectivity index is 2.54. The summed E-state index contributed by atoms with van der Waals surface area (Å²) in [5.41, 5.74) is 2.49. The van der Waals surface area contributed by atoms with Crippen LogP contribution < -0.4 is 10.1 Å². The topological polar surface area (TPSA) is 41.5 Å². The molecule has 0 saturated carbocycles. The number of rotatable bonds is 8. The van der Waals surface area contributed by atoms with Gasteiger partial charge in [0.05, 0.1) is 7.11 Å². The fourth-order valence-corrected chi connectivity index (χ4v) is 1.85. The lowest BCUT2D eigenvalue weighted by Crippen LogP contribution is -2.15. The zero-order valence-electron chi connectivity index (χ0n) is 11.7. The van der Waals surface area contributed by atoms with Gasteiger partial charge in [-0.25, -0.2) is 0 Å². The molecule has 1 aromatic carbocycles. The molecule has 0 aliphatic heterocycles. The Labute approximate surface area is 110 Å². The third kappa shape index (κ3) is 4.67. The van der Waals surface area contributed by atoms with Gasteiger partial charge in [-0.1, -0.05) is 26.0 Å². The molecule has 0 aliphatic carbocycles. The molecular formula is C15H25NO2. The zero-order chi connectivity index (χ0) is 13.4. The molecule has 3 heteroatoms. The lowest BCUT2D eigenvalue weighted by Gasteiger charge is -2.13. The highest BCUT2D eigenvalue weighted by Gasteiger charge is 2.06. The Hall–Kier alpha value is -1.06. The Morgan fingerprint density at radius 3 is 2.67 bits per heavy atom. The molecule has 0 aromatic heterocycles. The molecule has 2 N–H and O–H groups in total. The molecule has 0 radical (unpaired) electrons. The number of unbranched alkanes of at least 4 members (excludes halogenated alkanes) is 1. The van der Waals surface area contributed by atoms with Crippen molar-refractivity contribution in [1.29, 1.82) is 0 Å². The maximum atomic E-state index is 8.70. The van der Waals surface area contributed by atoms with E-state index in [1.807, 2.05) is 0 Å². The maximum Gasteiger partial charge on any atom is 0.123 e. The van der Waals surface area contributed by atoms with Crippen molar-refractivity contribution in [2.75, 3.05) is 20.3 Å². The maximum absolute atomic E-state index is 8.70. The SMILES string of the molecule is COc1cc(C(C)C)ccc1CNCCCCO. The molecular weight excluding hydrogens is 226 g/mol. The summed E-state index contributed by atoms with van der Waals surface area (Å²) in [5, 5.41) is 12.1. The van der Waals surface area contributed by atoms with Crippen molar-refractivity contribution in [3.8, 4) is 5.75 Å². The predicted octanol–water partition coefficient (Wildman–Crippen LogP) is 2.68. The van der Waals surface area contributed by atoms with Gasteiger partial charge in [0.1, 0.15) is 5.75 Å². The summed E-state index contributed by atoms with van der Waals surface area (Å²) in [6.45, 7) is 6.37. The minimum atomic E-state index is 0.272. The third-order valence-corrected chi connectivity index (χ3v) is 3.05. The first-order valence-corrected chi connectivity index (χ1v) is 6.67. The summed E-state index contributed by atoms with van der Waals surface area (Å²) in [6.07, 6.45) is 1.86. The number of ether oxygens (including phenoxy) is 1. The number of hydrogen-bond acceptors (Lipinski definition) is 3. The van der Waals surface area contributed by atoms with Crippen molar-refractivity contribution >= 4 is 0 Å². The number of aliphatic hydroxyl groups is 1. The van der Waals surface area contributed by atoms with Crippen LogP contribution in [-0.4, -0.2) is 25.4 Å². The number of nitrogens with one attached hydrogen (secondary N) is 1. The molecule has 0 saturated heterocycles. The van der Waals surface area contributed by atoms with Crippen LogP contribution in [0, 0.1) is 0 Å². The normalized spacial score (nSPS) is 10.9. The lowest BCUT2D eigenvalue weighted by molar-refractivity contribution is 0.283. The smallest absolute Gasteiger partial charge is 0.123 e. The van der Waals surface area contributed by atoms with Gasteiger partial charge in [-0.15, -0.1) is 0 Å². The van der Waals surface area contributed by atoms with Crippen LogP contribution in [0.3, 0.4) is 0 Å². The van der Waals surface area contributed by atoms with E-state index in [1.54, 1.807) is 7.11 Å². The summed E-state index contributed by atoms with van der Waals surface area (Å²) >= 11 is 0. The molecule has 0 spiro atoms. The van der Waals surface area contributed by atoms with E-state index in [1.165, 1.54) is 11.1 Å². The van der Waals surface area contributed by atoms with Crippen LogP contribution in [-0.2, 0) is 6.54 Å². The Bertz CT molecular complexity index is 350. The summed E-state index contributed by atoms with van der Waals surface area (Å²) in [6, 6.07) is 6.42. The molecule has 0 unspecified atom stereocenters. The van der Waals surface area contributed by atoms with Crippen molar-refractivity contribution in [3.63, 3.8) is 0 Å². The molecule has 0 aliphatic rings. The minimum Gasteiger partial charge on any atom is -0.496 e. The molecule has 102 valence electrons. The van der Waals surface area contributed by atoms with Gasteiger partial charge in [-0.05, 0) is 36.9 Å². The Kier molecular flexibility index (Phi) is 6.76. The van der Waals surface area contributed by atoms with Crippen LogP contribution >= 0.6 is 0 Å². The number of benzene rings is 1. The first-order valence-electron chi connectivity index (χ1n) is 6.67.